The van der Waals surface area contributed by atoms with Crippen molar-refractivity contribution in [3.63, 3.8) is 0 Å². The van der Waals surface area contributed by atoms with Crippen molar-refractivity contribution in [1.82, 2.24) is 0 Å². The number of benzene rings is 2. The van der Waals surface area contributed by atoms with Crippen molar-refractivity contribution >= 4 is 38.3 Å². The molecule has 111 valence electrons. The number of carbonyl (C=O) groups is 1. The van der Waals surface area contributed by atoms with Crippen LogP contribution in [0.2, 0.25) is 0 Å². The Kier molecular flexibility index (Phi) is 7.91. The number of rotatable bonds is 6. The molecule has 0 amide bonds. The van der Waals surface area contributed by atoms with Crippen molar-refractivity contribution in [2.45, 2.75) is 27.2 Å². The largest absolute Gasteiger partial charge is 0.494 e. The van der Waals surface area contributed by atoms with Crippen molar-refractivity contribution < 1.29 is 9.53 Å². The molecular formula is C18H21LiO2P. The molecule has 1 atom stereocenters. The summed E-state index contributed by atoms with van der Waals surface area (Å²) >= 11 is 0. The first-order valence-electron chi connectivity index (χ1n) is 7.22. The third kappa shape index (κ3) is 4.99. The summed E-state index contributed by atoms with van der Waals surface area (Å²) in [6.45, 7) is 6.79. The van der Waals surface area contributed by atoms with Gasteiger partial charge < -0.3 is 4.74 Å². The molecule has 0 bridgehead atoms. The van der Waals surface area contributed by atoms with Gasteiger partial charge in [-0.25, -0.2) is 0 Å². The van der Waals surface area contributed by atoms with Crippen LogP contribution in [-0.2, 0) is 0 Å². The van der Waals surface area contributed by atoms with E-state index in [1.807, 2.05) is 56.3 Å². The minimum absolute atomic E-state index is 0. The van der Waals surface area contributed by atoms with Crippen LogP contribution in [-0.4, -0.2) is 31.0 Å². The molecule has 0 fully saturated rings. The van der Waals surface area contributed by atoms with E-state index in [-0.39, 0.29) is 33.0 Å². The zero-order valence-corrected chi connectivity index (χ0v) is 14.8. The van der Waals surface area contributed by atoms with E-state index in [2.05, 4.69) is 6.92 Å². The molecule has 4 heteroatoms. The summed E-state index contributed by atoms with van der Waals surface area (Å²) in [6, 6.07) is 13.8. The Morgan fingerprint density at radius 2 is 1.64 bits per heavy atom. The normalized spacial score (nSPS) is 10.5. The molecule has 0 aliphatic rings. The molecule has 0 saturated carbocycles. The second kappa shape index (κ2) is 9.16. The summed E-state index contributed by atoms with van der Waals surface area (Å²) in [6.07, 6.45) is 0.995. The maximum Gasteiger partial charge on any atom is 0.186 e. The molecule has 22 heavy (non-hydrogen) atoms. The molecular weight excluding hydrogens is 286 g/mol. The molecule has 0 N–H and O–H groups in total. The maximum absolute atomic E-state index is 12.5. The van der Waals surface area contributed by atoms with Gasteiger partial charge in [-0.3, -0.25) is 4.79 Å². The average Bonchev–Trinajstić information content (AvgIpc) is 2.46. The number of carbonyl (C=O) groups excluding carboxylic acids is 1. The molecule has 2 aromatic carbocycles. The van der Waals surface area contributed by atoms with Crippen LogP contribution < -0.4 is 10.0 Å². The van der Waals surface area contributed by atoms with Crippen LogP contribution in [0.25, 0.3) is 0 Å². The predicted octanol–water partition coefficient (Wildman–Crippen LogP) is 3.86. The minimum Gasteiger partial charge on any atom is -0.494 e. The molecule has 0 saturated heterocycles. The zero-order chi connectivity index (χ0) is 15.2. The smallest absolute Gasteiger partial charge is 0.186 e. The summed E-state index contributed by atoms with van der Waals surface area (Å²) in [5.74, 6) is 0.866. The van der Waals surface area contributed by atoms with Crippen molar-refractivity contribution in [2.24, 2.45) is 0 Å². The van der Waals surface area contributed by atoms with Crippen molar-refractivity contribution in [3.05, 3.63) is 59.2 Å². The third-order valence-corrected chi connectivity index (χ3v) is 4.39. The first-order valence-corrected chi connectivity index (χ1v) is 8.22. The van der Waals surface area contributed by atoms with E-state index < -0.39 is 0 Å². The molecule has 0 spiro atoms. The van der Waals surface area contributed by atoms with Crippen LogP contribution in [0, 0.1) is 13.8 Å². The Bertz CT molecular complexity index is 603. The van der Waals surface area contributed by atoms with Crippen LogP contribution in [0.4, 0.5) is 0 Å². The maximum atomic E-state index is 12.5. The van der Waals surface area contributed by atoms with Gasteiger partial charge in [0.1, 0.15) is 5.75 Å². The second-order valence-electron chi connectivity index (χ2n) is 5.09. The number of hydrogen-bond acceptors (Lipinski definition) is 2. The molecule has 0 aromatic heterocycles. The van der Waals surface area contributed by atoms with E-state index in [4.69, 9.17) is 4.74 Å². The zero-order valence-electron chi connectivity index (χ0n) is 13.8. The molecule has 1 radical (unpaired) electrons. The van der Waals surface area contributed by atoms with Crippen LogP contribution in [0.3, 0.4) is 0 Å². The number of ether oxygens (including phenoxy) is 1. The molecule has 2 nitrogen and oxygen atoms in total. The van der Waals surface area contributed by atoms with E-state index in [0.717, 1.165) is 40.8 Å². The first kappa shape index (κ1) is 19.0. The van der Waals surface area contributed by atoms with Gasteiger partial charge in [0, 0.05) is 24.4 Å². The SMILES string of the molecule is CCCOc1ccc(PC(=O)c2c(C)cccc2C)cc1.[Li]. The molecule has 0 aliphatic heterocycles. The Hall–Kier alpha value is -1.06. The van der Waals surface area contributed by atoms with Gasteiger partial charge in [0.25, 0.3) is 0 Å². The Morgan fingerprint density at radius 1 is 1.05 bits per heavy atom. The van der Waals surface area contributed by atoms with Crippen LogP contribution in [0.1, 0.15) is 34.8 Å². The number of hydrogen-bond donors (Lipinski definition) is 0. The third-order valence-electron chi connectivity index (χ3n) is 3.29. The molecule has 0 heterocycles. The van der Waals surface area contributed by atoms with E-state index in [9.17, 15) is 4.79 Å². The van der Waals surface area contributed by atoms with E-state index in [1.54, 1.807) is 0 Å². The Labute approximate surface area is 146 Å². The van der Waals surface area contributed by atoms with Crippen molar-refractivity contribution in [3.8, 4) is 5.75 Å². The van der Waals surface area contributed by atoms with Gasteiger partial charge in [0.05, 0.1) is 6.61 Å². The minimum atomic E-state index is 0. The molecule has 2 rings (SSSR count). The van der Waals surface area contributed by atoms with Gasteiger partial charge in [0.2, 0.25) is 0 Å². The van der Waals surface area contributed by atoms with Gasteiger partial charge >= 0.3 is 0 Å². The molecule has 2 aromatic rings. The van der Waals surface area contributed by atoms with Crippen LogP contribution in [0.15, 0.2) is 42.5 Å². The van der Waals surface area contributed by atoms with Gasteiger partial charge in [-0.2, -0.15) is 0 Å². The van der Waals surface area contributed by atoms with Crippen LogP contribution in [0.5, 0.6) is 5.75 Å². The van der Waals surface area contributed by atoms with E-state index in [0.29, 0.717) is 0 Å². The summed E-state index contributed by atoms with van der Waals surface area (Å²) in [5, 5.41) is 1.05. The first-order chi connectivity index (χ1) is 10.1. The Morgan fingerprint density at radius 3 is 2.18 bits per heavy atom. The topological polar surface area (TPSA) is 26.3 Å². The number of aryl methyl sites for hydroxylation is 2. The summed E-state index contributed by atoms with van der Waals surface area (Å²) in [5.41, 5.74) is 3.17. The molecule has 0 aliphatic carbocycles. The second-order valence-corrected chi connectivity index (χ2v) is 6.38. The van der Waals surface area contributed by atoms with Gasteiger partial charge in [-0.15, -0.1) is 0 Å². The Balaban J connectivity index is 0.00000242. The quantitative estimate of drug-likeness (QED) is 0.598. The van der Waals surface area contributed by atoms with Crippen LogP contribution >= 0.6 is 8.58 Å². The van der Waals surface area contributed by atoms with Gasteiger partial charge in [-0.1, -0.05) is 37.3 Å². The summed E-state index contributed by atoms with van der Waals surface area (Å²) < 4.78 is 5.56. The fourth-order valence-electron chi connectivity index (χ4n) is 2.22. The predicted molar refractivity (Wildman–Crippen MR) is 96.2 cm³/mol. The monoisotopic (exact) mass is 307 g/mol. The fraction of sp³-hybridized carbons (Fsp3) is 0.278. The van der Waals surface area contributed by atoms with Gasteiger partial charge in [-0.05, 0) is 57.4 Å². The van der Waals surface area contributed by atoms with E-state index in [1.165, 1.54) is 0 Å². The average molecular weight is 307 g/mol. The van der Waals surface area contributed by atoms with Crippen molar-refractivity contribution in [2.75, 3.05) is 6.61 Å². The van der Waals surface area contributed by atoms with E-state index >= 15 is 0 Å². The fourth-order valence-corrected chi connectivity index (χ4v) is 3.34. The van der Waals surface area contributed by atoms with Gasteiger partial charge in [0.15, 0.2) is 5.52 Å². The summed E-state index contributed by atoms with van der Waals surface area (Å²) in [7, 11) is 0.153. The standard InChI is InChI=1S/C18H21O2P.Li/c1-4-12-20-15-8-10-16(11-9-15)21-18(19)17-13(2)6-5-7-14(17)3;/h5-11,21H,4,12H2,1-3H3;. The van der Waals surface area contributed by atoms with Crippen molar-refractivity contribution in [1.29, 1.82) is 0 Å². The summed E-state index contributed by atoms with van der Waals surface area (Å²) in [4.78, 5) is 12.5. The molecule has 1 unspecified atom stereocenters.